The zero-order chi connectivity index (χ0) is 18.1. The topological polar surface area (TPSA) is 146 Å². The minimum absolute atomic E-state index is 0.109. The molecule has 0 aromatic carbocycles. The third kappa shape index (κ3) is 19.2. The molecule has 0 atom stereocenters. The predicted octanol–water partition coefficient (Wildman–Crippen LogP) is -1.59. The van der Waals surface area contributed by atoms with Gasteiger partial charge in [-0.1, -0.05) is 0 Å². The van der Waals surface area contributed by atoms with Crippen molar-refractivity contribution in [3.8, 4) is 0 Å². The molecule has 0 bridgehead atoms. The maximum Gasteiger partial charge on any atom is 0.266 e. The van der Waals surface area contributed by atoms with Crippen LogP contribution in [0.1, 0.15) is 6.42 Å². The van der Waals surface area contributed by atoms with E-state index in [1.807, 2.05) is 0 Å². The van der Waals surface area contributed by atoms with Crippen molar-refractivity contribution in [1.82, 2.24) is 5.32 Å². The number of nitrogens with two attached hydrogens (primary N) is 1. The van der Waals surface area contributed by atoms with Crippen molar-refractivity contribution in [2.24, 2.45) is 5.73 Å². The summed E-state index contributed by atoms with van der Waals surface area (Å²) < 4.78 is 50.2. The normalized spacial score (nSPS) is 11.6. The summed E-state index contributed by atoms with van der Waals surface area (Å²) in [5, 5.41) is 2.36. The van der Waals surface area contributed by atoms with Gasteiger partial charge in [0.25, 0.3) is 10.1 Å². The van der Waals surface area contributed by atoms with Crippen LogP contribution >= 0.6 is 0 Å². The number of ether oxygens (including phenoxy) is 4. The molecule has 0 saturated heterocycles. The minimum atomic E-state index is -4.05. The largest absolute Gasteiger partial charge is 0.379 e. The number of carbonyl (C=O) groups is 1. The third-order valence-electron chi connectivity index (χ3n) is 2.53. The van der Waals surface area contributed by atoms with E-state index in [-0.39, 0.29) is 25.5 Å². The molecule has 4 N–H and O–H groups in total. The molecule has 11 heteroatoms. The predicted molar refractivity (Wildman–Crippen MR) is 86.4 cm³/mol. The Kier molecular flexibility index (Phi) is 15.2. The highest BCUT2D eigenvalue weighted by Gasteiger charge is 2.06. The molecule has 0 unspecified atom stereocenters. The van der Waals surface area contributed by atoms with Gasteiger partial charge in [0.15, 0.2) is 0 Å². The average molecular weight is 372 g/mol. The Morgan fingerprint density at radius 1 is 0.875 bits per heavy atom. The molecule has 0 saturated carbocycles. The van der Waals surface area contributed by atoms with E-state index in [4.69, 9.17) is 29.2 Å². The number of carbonyl (C=O) groups excluding carboxylic acids is 1. The van der Waals surface area contributed by atoms with Gasteiger partial charge in [0.05, 0.1) is 58.6 Å². The van der Waals surface area contributed by atoms with E-state index in [9.17, 15) is 13.2 Å². The van der Waals surface area contributed by atoms with Crippen molar-refractivity contribution in [2.45, 2.75) is 6.42 Å². The van der Waals surface area contributed by atoms with Crippen molar-refractivity contribution in [2.75, 3.05) is 71.7 Å². The molecule has 24 heavy (non-hydrogen) atoms. The molecule has 0 radical (unpaired) electrons. The summed E-state index contributed by atoms with van der Waals surface area (Å²) in [7, 11) is -4.05. The van der Waals surface area contributed by atoms with Crippen molar-refractivity contribution in [3.63, 3.8) is 0 Å². The summed E-state index contributed by atoms with van der Waals surface area (Å²) in [5.41, 5.74) is 5.26. The second kappa shape index (κ2) is 15.7. The first-order valence-electron chi connectivity index (χ1n) is 7.68. The minimum Gasteiger partial charge on any atom is -0.379 e. The van der Waals surface area contributed by atoms with Crippen molar-refractivity contribution in [3.05, 3.63) is 0 Å². The molecule has 0 aliphatic carbocycles. The number of nitrogens with one attached hydrogen (secondary N) is 1. The SMILES string of the molecule is NCCOCCOCCOCCOCCC(=O)NCCS(=O)(=O)O. The lowest BCUT2D eigenvalue weighted by Gasteiger charge is -2.07. The van der Waals surface area contributed by atoms with Crippen LogP contribution in [0.2, 0.25) is 0 Å². The van der Waals surface area contributed by atoms with Crippen molar-refractivity contribution < 1.29 is 36.7 Å². The fourth-order valence-electron chi connectivity index (χ4n) is 1.42. The zero-order valence-corrected chi connectivity index (χ0v) is 14.6. The molecule has 0 heterocycles. The van der Waals surface area contributed by atoms with Gasteiger partial charge in [-0.15, -0.1) is 0 Å². The molecule has 1 amide bonds. The fraction of sp³-hybridized carbons (Fsp3) is 0.923. The van der Waals surface area contributed by atoms with E-state index < -0.39 is 15.9 Å². The molecule has 0 aromatic heterocycles. The molecule has 0 aliphatic rings. The average Bonchev–Trinajstić information content (AvgIpc) is 2.50. The molecular weight excluding hydrogens is 344 g/mol. The molecular formula is C13H28N2O8S. The Hall–Kier alpha value is -0.820. The van der Waals surface area contributed by atoms with Crippen LogP contribution in [0.5, 0.6) is 0 Å². The highest BCUT2D eigenvalue weighted by atomic mass is 32.2. The van der Waals surface area contributed by atoms with E-state index in [1.165, 1.54) is 0 Å². The summed E-state index contributed by atoms with van der Waals surface area (Å²) in [4.78, 5) is 11.3. The number of hydrogen-bond acceptors (Lipinski definition) is 8. The standard InChI is InChI=1S/C13H28N2O8S/c14-2-5-21-7-9-23-11-10-22-8-6-20-4-1-13(16)15-3-12-24(17,18)19/h1-12,14H2,(H,15,16)(H,17,18,19). The van der Waals surface area contributed by atoms with Crippen LogP contribution in [-0.2, 0) is 33.9 Å². The number of amides is 1. The first kappa shape index (κ1) is 23.2. The van der Waals surface area contributed by atoms with Gasteiger partial charge in [-0.3, -0.25) is 9.35 Å². The maximum absolute atomic E-state index is 11.3. The Balaban J connectivity index is 3.20. The summed E-state index contributed by atoms with van der Waals surface area (Å²) in [6, 6.07) is 0. The van der Waals surface area contributed by atoms with Crippen LogP contribution in [0.4, 0.5) is 0 Å². The van der Waals surface area contributed by atoms with Crippen LogP contribution < -0.4 is 11.1 Å². The summed E-state index contributed by atoms with van der Waals surface area (Å²) in [6.07, 6.45) is 0.109. The highest BCUT2D eigenvalue weighted by Crippen LogP contribution is 1.86. The molecule has 144 valence electrons. The van der Waals surface area contributed by atoms with Gasteiger partial charge in [0.2, 0.25) is 5.91 Å². The quantitative estimate of drug-likeness (QED) is 0.203. The van der Waals surface area contributed by atoms with Crippen LogP contribution in [-0.4, -0.2) is 90.6 Å². The monoisotopic (exact) mass is 372 g/mol. The van der Waals surface area contributed by atoms with Crippen molar-refractivity contribution in [1.29, 1.82) is 0 Å². The Morgan fingerprint density at radius 3 is 1.79 bits per heavy atom. The Bertz CT molecular complexity index is 405. The lowest BCUT2D eigenvalue weighted by molar-refractivity contribution is -0.122. The maximum atomic E-state index is 11.3. The first-order valence-corrected chi connectivity index (χ1v) is 9.29. The third-order valence-corrected chi connectivity index (χ3v) is 3.25. The van der Waals surface area contributed by atoms with E-state index in [0.717, 1.165) is 0 Å². The Labute approximate surface area is 142 Å². The molecule has 0 spiro atoms. The van der Waals surface area contributed by atoms with Crippen LogP contribution in [0.25, 0.3) is 0 Å². The summed E-state index contributed by atoms with van der Waals surface area (Å²) in [5.74, 6) is -0.848. The summed E-state index contributed by atoms with van der Waals surface area (Å²) in [6.45, 7) is 3.73. The van der Waals surface area contributed by atoms with Crippen LogP contribution in [0.15, 0.2) is 0 Å². The van der Waals surface area contributed by atoms with E-state index in [2.05, 4.69) is 5.32 Å². The van der Waals surface area contributed by atoms with Crippen LogP contribution in [0.3, 0.4) is 0 Å². The molecule has 0 aliphatic heterocycles. The highest BCUT2D eigenvalue weighted by molar-refractivity contribution is 7.85. The lowest BCUT2D eigenvalue weighted by atomic mass is 10.4. The lowest BCUT2D eigenvalue weighted by Crippen LogP contribution is -2.29. The second-order valence-electron chi connectivity index (χ2n) is 4.62. The van der Waals surface area contributed by atoms with Gasteiger partial charge in [-0.25, -0.2) is 0 Å². The molecule has 0 rings (SSSR count). The van der Waals surface area contributed by atoms with Crippen molar-refractivity contribution >= 4 is 16.0 Å². The molecule has 0 fully saturated rings. The molecule has 0 aromatic rings. The van der Waals surface area contributed by atoms with E-state index in [1.54, 1.807) is 0 Å². The number of hydrogen-bond donors (Lipinski definition) is 3. The van der Waals surface area contributed by atoms with E-state index >= 15 is 0 Å². The van der Waals surface area contributed by atoms with Gasteiger partial charge in [-0.2, -0.15) is 8.42 Å². The second-order valence-corrected chi connectivity index (χ2v) is 6.20. The zero-order valence-electron chi connectivity index (χ0n) is 13.8. The first-order chi connectivity index (χ1) is 11.5. The Morgan fingerprint density at radius 2 is 1.33 bits per heavy atom. The van der Waals surface area contributed by atoms with Gasteiger partial charge in [0, 0.05) is 19.5 Å². The van der Waals surface area contributed by atoms with Gasteiger partial charge in [-0.05, 0) is 0 Å². The number of rotatable bonds is 17. The van der Waals surface area contributed by atoms with Crippen LogP contribution in [0, 0.1) is 0 Å². The molecule has 10 nitrogen and oxygen atoms in total. The van der Waals surface area contributed by atoms with E-state index in [0.29, 0.717) is 52.8 Å². The van der Waals surface area contributed by atoms with Gasteiger partial charge >= 0.3 is 0 Å². The van der Waals surface area contributed by atoms with Gasteiger partial charge < -0.3 is 30.0 Å². The summed E-state index contributed by atoms with van der Waals surface area (Å²) >= 11 is 0. The van der Waals surface area contributed by atoms with Gasteiger partial charge in [0.1, 0.15) is 0 Å². The smallest absolute Gasteiger partial charge is 0.266 e. The fourth-order valence-corrected chi connectivity index (χ4v) is 1.78.